The second-order valence-electron chi connectivity index (χ2n) is 5.33. The van der Waals surface area contributed by atoms with E-state index in [1.54, 1.807) is 17.7 Å². The van der Waals surface area contributed by atoms with Crippen molar-refractivity contribution < 1.29 is 4.79 Å². The summed E-state index contributed by atoms with van der Waals surface area (Å²) in [6.45, 7) is 3.76. The quantitative estimate of drug-likeness (QED) is 0.695. The van der Waals surface area contributed by atoms with Crippen molar-refractivity contribution >= 4 is 39.1 Å². The lowest BCUT2D eigenvalue weighted by Crippen LogP contribution is -2.14. The molecule has 0 spiro atoms. The van der Waals surface area contributed by atoms with Crippen molar-refractivity contribution in [1.29, 1.82) is 0 Å². The highest BCUT2D eigenvalue weighted by molar-refractivity contribution is 9.10. The van der Waals surface area contributed by atoms with Crippen LogP contribution in [0.3, 0.4) is 0 Å². The Morgan fingerprint density at radius 3 is 2.58 bits per heavy atom. The van der Waals surface area contributed by atoms with Gasteiger partial charge >= 0.3 is 0 Å². The van der Waals surface area contributed by atoms with Crippen molar-refractivity contribution in [1.82, 2.24) is 15.0 Å². The highest BCUT2D eigenvalue weighted by Crippen LogP contribution is 2.21. The normalized spacial score (nSPS) is 10.7. The molecule has 7 heteroatoms. The maximum atomic E-state index is 12.5. The predicted molar refractivity (Wildman–Crippen MR) is 97.9 cm³/mol. The van der Waals surface area contributed by atoms with E-state index < -0.39 is 0 Å². The minimum atomic E-state index is -0.305. The molecular weight excluding hydrogens is 392 g/mol. The molecule has 24 heavy (non-hydrogen) atoms. The monoisotopic (exact) mass is 404 g/mol. The van der Waals surface area contributed by atoms with E-state index in [-0.39, 0.29) is 11.6 Å². The van der Waals surface area contributed by atoms with Crippen molar-refractivity contribution in [2.24, 2.45) is 0 Å². The number of carbonyl (C=O) groups is 1. The number of nitrogens with one attached hydrogen (secondary N) is 1. The number of carbonyl (C=O) groups excluding carboxylic acids is 1. The summed E-state index contributed by atoms with van der Waals surface area (Å²) in [7, 11) is 0. The number of halogens is 2. The van der Waals surface area contributed by atoms with Crippen molar-refractivity contribution in [3.8, 4) is 5.69 Å². The molecule has 2 aromatic carbocycles. The summed E-state index contributed by atoms with van der Waals surface area (Å²) in [6, 6.07) is 12.8. The molecule has 1 amide bonds. The highest BCUT2D eigenvalue weighted by atomic mass is 79.9. The van der Waals surface area contributed by atoms with Gasteiger partial charge in [0.15, 0.2) is 5.69 Å². The number of amides is 1. The molecule has 0 fully saturated rings. The average molecular weight is 406 g/mol. The van der Waals surface area contributed by atoms with Gasteiger partial charge in [0.25, 0.3) is 5.91 Å². The van der Waals surface area contributed by atoms with Crippen LogP contribution >= 0.6 is 27.5 Å². The summed E-state index contributed by atoms with van der Waals surface area (Å²) in [6.07, 6.45) is 0. The van der Waals surface area contributed by atoms with Crippen LogP contribution in [0.2, 0.25) is 5.02 Å². The first-order chi connectivity index (χ1) is 11.5. The van der Waals surface area contributed by atoms with E-state index in [2.05, 4.69) is 31.6 Å². The number of anilines is 1. The van der Waals surface area contributed by atoms with Crippen LogP contribution in [0.4, 0.5) is 5.69 Å². The minimum absolute atomic E-state index is 0.275. The maximum Gasteiger partial charge on any atom is 0.278 e. The summed E-state index contributed by atoms with van der Waals surface area (Å²) < 4.78 is 2.57. The molecule has 1 N–H and O–H groups in total. The zero-order valence-electron chi connectivity index (χ0n) is 13.0. The molecule has 1 heterocycles. The smallest absolute Gasteiger partial charge is 0.278 e. The zero-order chi connectivity index (χ0) is 17.3. The molecule has 0 aliphatic heterocycles. The van der Waals surface area contributed by atoms with Crippen LogP contribution in [-0.4, -0.2) is 20.9 Å². The van der Waals surface area contributed by atoms with Gasteiger partial charge in [-0.05, 0) is 55.8 Å². The standard InChI is InChI=1S/C17H14BrClN4O/c1-10-3-6-13(19)9-15(10)23-11(2)16(21-22-23)17(24)20-14-7-4-12(18)5-8-14/h3-9H,1-2H3,(H,20,24). The van der Waals surface area contributed by atoms with E-state index in [0.29, 0.717) is 16.4 Å². The van der Waals surface area contributed by atoms with Crippen molar-refractivity contribution in [3.05, 3.63) is 68.9 Å². The Morgan fingerprint density at radius 1 is 1.17 bits per heavy atom. The van der Waals surface area contributed by atoms with Crippen LogP contribution < -0.4 is 5.32 Å². The summed E-state index contributed by atoms with van der Waals surface area (Å²) in [5, 5.41) is 11.5. The number of benzene rings is 2. The fraction of sp³-hybridized carbons (Fsp3) is 0.118. The van der Waals surface area contributed by atoms with Crippen LogP contribution in [0.5, 0.6) is 0 Å². The number of hydrogen-bond donors (Lipinski definition) is 1. The fourth-order valence-electron chi connectivity index (χ4n) is 2.30. The van der Waals surface area contributed by atoms with Gasteiger partial charge in [-0.25, -0.2) is 4.68 Å². The van der Waals surface area contributed by atoms with Gasteiger partial charge in [0.2, 0.25) is 0 Å². The zero-order valence-corrected chi connectivity index (χ0v) is 15.4. The van der Waals surface area contributed by atoms with E-state index in [0.717, 1.165) is 15.7 Å². The maximum absolute atomic E-state index is 12.5. The molecular formula is C17H14BrClN4O. The highest BCUT2D eigenvalue weighted by Gasteiger charge is 2.18. The Morgan fingerprint density at radius 2 is 1.88 bits per heavy atom. The summed E-state index contributed by atoms with van der Waals surface area (Å²) in [4.78, 5) is 12.5. The third-order valence-corrected chi connectivity index (χ3v) is 4.37. The second-order valence-corrected chi connectivity index (χ2v) is 6.68. The van der Waals surface area contributed by atoms with Crippen molar-refractivity contribution in [2.45, 2.75) is 13.8 Å². The average Bonchev–Trinajstić information content (AvgIpc) is 2.93. The molecule has 0 aliphatic carbocycles. The Hall–Kier alpha value is -2.18. The van der Waals surface area contributed by atoms with Gasteiger partial charge in [0.1, 0.15) is 0 Å². The molecule has 0 bridgehead atoms. The number of aryl methyl sites for hydroxylation is 1. The second kappa shape index (κ2) is 6.75. The van der Waals surface area contributed by atoms with Gasteiger partial charge in [-0.15, -0.1) is 5.10 Å². The third-order valence-electron chi connectivity index (χ3n) is 3.61. The lowest BCUT2D eigenvalue weighted by Gasteiger charge is -2.08. The number of hydrogen-bond acceptors (Lipinski definition) is 3. The van der Waals surface area contributed by atoms with Crippen LogP contribution in [0.15, 0.2) is 46.9 Å². The Kier molecular flexibility index (Phi) is 4.69. The minimum Gasteiger partial charge on any atom is -0.321 e. The molecule has 1 aromatic heterocycles. The Balaban J connectivity index is 1.90. The first-order valence-electron chi connectivity index (χ1n) is 7.21. The van der Waals surface area contributed by atoms with Gasteiger partial charge in [-0.3, -0.25) is 4.79 Å². The number of aromatic nitrogens is 3. The molecule has 0 radical (unpaired) electrons. The molecule has 0 saturated carbocycles. The molecule has 0 unspecified atom stereocenters. The molecule has 5 nitrogen and oxygen atoms in total. The summed E-state index contributed by atoms with van der Waals surface area (Å²) in [5.41, 5.74) is 3.41. The lowest BCUT2D eigenvalue weighted by molar-refractivity contribution is 0.102. The first-order valence-corrected chi connectivity index (χ1v) is 8.38. The molecule has 0 atom stereocenters. The number of rotatable bonds is 3. The molecule has 0 saturated heterocycles. The first kappa shape index (κ1) is 16.7. The molecule has 3 aromatic rings. The van der Waals surface area contributed by atoms with Crippen molar-refractivity contribution in [3.63, 3.8) is 0 Å². The molecule has 122 valence electrons. The SMILES string of the molecule is Cc1ccc(Cl)cc1-n1nnc(C(=O)Nc2ccc(Br)cc2)c1C. The van der Waals surface area contributed by atoms with Gasteiger partial charge in [0.05, 0.1) is 11.4 Å². The summed E-state index contributed by atoms with van der Waals surface area (Å²) >= 11 is 9.42. The van der Waals surface area contributed by atoms with E-state index in [1.165, 1.54) is 0 Å². The molecule has 3 rings (SSSR count). The largest absolute Gasteiger partial charge is 0.321 e. The Bertz CT molecular complexity index is 905. The lowest BCUT2D eigenvalue weighted by atomic mass is 10.2. The van der Waals surface area contributed by atoms with Gasteiger partial charge in [0, 0.05) is 15.2 Å². The van der Waals surface area contributed by atoms with Crippen molar-refractivity contribution in [2.75, 3.05) is 5.32 Å². The Labute approximate surface area is 152 Å². The van der Waals surface area contributed by atoms with Crippen LogP contribution in [0, 0.1) is 13.8 Å². The molecule has 0 aliphatic rings. The number of nitrogens with zero attached hydrogens (tertiary/aromatic N) is 3. The van der Waals surface area contributed by atoms with E-state index in [4.69, 9.17) is 11.6 Å². The van der Waals surface area contributed by atoms with Crippen LogP contribution in [0.25, 0.3) is 5.69 Å². The predicted octanol–water partition coefficient (Wildman–Crippen LogP) is 4.55. The third kappa shape index (κ3) is 3.34. The van der Waals surface area contributed by atoms with Crippen LogP contribution in [-0.2, 0) is 0 Å². The van der Waals surface area contributed by atoms with Gasteiger partial charge in [-0.1, -0.05) is 38.8 Å². The van der Waals surface area contributed by atoms with E-state index >= 15 is 0 Å². The van der Waals surface area contributed by atoms with E-state index in [9.17, 15) is 4.79 Å². The van der Waals surface area contributed by atoms with Gasteiger partial charge < -0.3 is 5.32 Å². The van der Waals surface area contributed by atoms with Gasteiger partial charge in [-0.2, -0.15) is 0 Å². The summed E-state index contributed by atoms with van der Waals surface area (Å²) in [5.74, 6) is -0.305. The van der Waals surface area contributed by atoms with Crippen LogP contribution in [0.1, 0.15) is 21.7 Å². The fourth-order valence-corrected chi connectivity index (χ4v) is 2.73. The topological polar surface area (TPSA) is 59.8 Å². The van der Waals surface area contributed by atoms with E-state index in [1.807, 2.05) is 43.3 Å².